The zero-order valence-electron chi connectivity index (χ0n) is 13.9. The summed E-state index contributed by atoms with van der Waals surface area (Å²) in [6.07, 6.45) is 2.52. The van der Waals surface area contributed by atoms with Gasteiger partial charge in [0, 0.05) is 6.42 Å². The molecule has 0 fully saturated rings. The number of hydrogen-bond acceptors (Lipinski definition) is 3. The van der Waals surface area contributed by atoms with Crippen LogP contribution in [0.1, 0.15) is 18.9 Å². The van der Waals surface area contributed by atoms with Crippen molar-refractivity contribution >= 4 is 46.0 Å². The Morgan fingerprint density at radius 2 is 1.96 bits per heavy atom. The largest absolute Gasteiger partial charge is 0.481 e. The Bertz CT molecular complexity index is 791. The van der Waals surface area contributed by atoms with E-state index in [0.29, 0.717) is 23.1 Å². The number of aryl methyl sites for hydroxylation is 1. The smallest absolute Gasteiger partial charge is 0.310 e. The Kier molecular flexibility index (Phi) is 7.34. The third-order valence-electron chi connectivity index (χ3n) is 3.70. The molecule has 0 aliphatic rings. The number of hydrogen-bond donors (Lipinski definition) is 2. The third kappa shape index (κ3) is 6.44. The van der Waals surface area contributed by atoms with Gasteiger partial charge in [0.15, 0.2) is 0 Å². The Morgan fingerprint density at radius 3 is 2.68 bits per heavy atom. The maximum absolute atomic E-state index is 11.9. The van der Waals surface area contributed by atoms with E-state index < -0.39 is 11.9 Å². The fraction of sp³-hybridized carbons (Fsp3) is 0.263. The summed E-state index contributed by atoms with van der Waals surface area (Å²) in [4.78, 5) is 22.6. The predicted molar refractivity (Wildman–Crippen MR) is 104 cm³/mol. The van der Waals surface area contributed by atoms with Gasteiger partial charge in [-0.2, -0.15) is 0 Å². The number of benzene rings is 2. The van der Waals surface area contributed by atoms with Gasteiger partial charge in [0.2, 0.25) is 5.91 Å². The topological polar surface area (TPSA) is 66.4 Å². The summed E-state index contributed by atoms with van der Waals surface area (Å²) in [5.41, 5.74) is 1.12. The summed E-state index contributed by atoms with van der Waals surface area (Å²) >= 11 is 7.15. The summed E-state index contributed by atoms with van der Waals surface area (Å²) in [7, 11) is 0. The molecule has 0 aromatic heterocycles. The molecule has 2 rings (SSSR count). The summed E-state index contributed by atoms with van der Waals surface area (Å²) in [6.45, 7) is 1.55. The number of fused-ring (bicyclic) bond motifs is 1. The Labute approximate surface area is 156 Å². The summed E-state index contributed by atoms with van der Waals surface area (Å²) < 4.78 is 0.365. The molecule has 0 saturated carbocycles. The fourth-order valence-electron chi connectivity index (χ4n) is 2.24. The minimum Gasteiger partial charge on any atom is -0.481 e. The minimum atomic E-state index is -0.932. The molecule has 0 radical (unpaired) electrons. The molecule has 0 spiro atoms. The van der Waals surface area contributed by atoms with E-state index in [0.717, 1.165) is 5.56 Å². The van der Waals surface area contributed by atoms with E-state index in [1.165, 1.54) is 28.6 Å². The predicted octanol–water partition coefficient (Wildman–Crippen LogP) is 4.38. The van der Waals surface area contributed by atoms with Crippen LogP contribution >= 0.6 is 23.4 Å². The zero-order valence-corrected chi connectivity index (χ0v) is 15.4. The van der Waals surface area contributed by atoms with E-state index in [1.54, 1.807) is 6.92 Å². The van der Waals surface area contributed by atoms with Gasteiger partial charge in [-0.1, -0.05) is 65.8 Å². The van der Waals surface area contributed by atoms with Crippen molar-refractivity contribution in [3.8, 4) is 0 Å². The summed E-state index contributed by atoms with van der Waals surface area (Å²) in [5.74, 6) is -1.32. The Morgan fingerprint density at radius 1 is 1.24 bits per heavy atom. The van der Waals surface area contributed by atoms with Gasteiger partial charge in [0.05, 0.1) is 16.2 Å². The number of carbonyl (C=O) groups is 2. The second-order valence-corrected chi connectivity index (χ2v) is 7.32. The third-order valence-corrected chi connectivity index (χ3v) is 4.86. The van der Waals surface area contributed by atoms with Crippen LogP contribution in [0.2, 0.25) is 0 Å². The second kappa shape index (κ2) is 9.49. The van der Waals surface area contributed by atoms with Crippen LogP contribution in [-0.4, -0.2) is 22.9 Å². The molecule has 132 valence electrons. The maximum Gasteiger partial charge on any atom is 0.310 e. The van der Waals surface area contributed by atoms with Crippen molar-refractivity contribution in [2.75, 3.05) is 5.88 Å². The van der Waals surface area contributed by atoms with Crippen molar-refractivity contribution in [1.29, 1.82) is 0 Å². The molecule has 1 amide bonds. The van der Waals surface area contributed by atoms with Gasteiger partial charge >= 0.3 is 5.97 Å². The average molecular weight is 378 g/mol. The molecule has 2 aromatic rings. The molecule has 0 saturated heterocycles. The van der Waals surface area contributed by atoms with Gasteiger partial charge in [0.25, 0.3) is 0 Å². The zero-order chi connectivity index (χ0) is 18.2. The van der Waals surface area contributed by atoms with Crippen molar-refractivity contribution in [1.82, 2.24) is 5.32 Å². The number of halogens is 1. The van der Waals surface area contributed by atoms with Gasteiger partial charge in [-0.25, -0.2) is 0 Å². The first-order chi connectivity index (χ1) is 12.0. The molecule has 0 heterocycles. The van der Waals surface area contributed by atoms with Crippen molar-refractivity contribution in [2.24, 2.45) is 5.92 Å². The number of carboxylic acids is 1. The van der Waals surface area contributed by atoms with E-state index in [1.807, 2.05) is 18.2 Å². The Hall–Kier alpha value is -1.98. The highest BCUT2D eigenvalue weighted by Gasteiger charge is 2.09. The number of thioether (sulfide) groups is 1. The monoisotopic (exact) mass is 377 g/mol. The molecule has 1 unspecified atom stereocenters. The number of carbonyl (C=O) groups excluding carboxylic acids is 1. The molecule has 25 heavy (non-hydrogen) atoms. The first kappa shape index (κ1) is 19.3. The van der Waals surface area contributed by atoms with Crippen LogP contribution in [0, 0.1) is 5.92 Å². The quantitative estimate of drug-likeness (QED) is 0.670. The number of aliphatic carboxylic acids is 1. The number of rotatable bonds is 8. The molecule has 6 heteroatoms. The molecule has 4 nitrogen and oxygen atoms in total. The van der Waals surface area contributed by atoms with E-state index in [-0.39, 0.29) is 5.91 Å². The Balaban J connectivity index is 1.75. The summed E-state index contributed by atoms with van der Waals surface area (Å²) in [6, 6.07) is 14.3. The highest BCUT2D eigenvalue weighted by molar-refractivity contribution is 8.04. The molecule has 0 aliphatic heterocycles. The van der Waals surface area contributed by atoms with Crippen molar-refractivity contribution in [2.45, 2.75) is 19.8 Å². The van der Waals surface area contributed by atoms with Crippen LogP contribution in [0.3, 0.4) is 0 Å². The van der Waals surface area contributed by atoms with Crippen LogP contribution in [0.5, 0.6) is 0 Å². The standard InChI is InChI=1S/C19H20ClNO3S/c1-13(19(23)24)10-17(20)25-12-21-18(22)9-7-14-6-8-15-4-2-3-5-16(15)11-14/h2-6,8,10-11,13H,7,9,12H2,1H3,(H,21,22)(H,23,24)/b17-10-. The second-order valence-electron chi connectivity index (χ2n) is 5.67. The molecular formula is C19H20ClNO3S. The van der Waals surface area contributed by atoms with Crippen LogP contribution in [0.25, 0.3) is 10.8 Å². The van der Waals surface area contributed by atoms with Crippen LogP contribution < -0.4 is 5.32 Å². The molecule has 1 atom stereocenters. The lowest BCUT2D eigenvalue weighted by Gasteiger charge is -2.06. The maximum atomic E-state index is 11.9. The van der Waals surface area contributed by atoms with Crippen LogP contribution in [0.4, 0.5) is 0 Å². The van der Waals surface area contributed by atoms with E-state index >= 15 is 0 Å². The van der Waals surface area contributed by atoms with Gasteiger partial charge in [-0.3, -0.25) is 9.59 Å². The SMILES string of the molecule is CC(/C=C(/Cl)SCNC(=O)CCc1ccc2ccccc2c1)C(=O)O. The number of amides is 1. The van der Waals surface area contributed by atoms with E-state index in [2.05, 4.69) is 29.6 Å². The highest BCUT2D eigenvalue weighted by Crippen LogP contribution is 2.21. The van der Waals surface area contributed by atoms with Gasteiger partial charge in [0.1, 0.15) is 0 Å². The first-order valence-electron chi connectivity index (χ1n) is 7.93. The molecular weight excluding hydrogens is 358 g/mol. The molecule has 0 aliphatic carbocycles. The summed E-state index contributed by atoms with van der Waals surface area (Å²) in [5, 5.41) is 13.9. The lowest BCUT2D eigenvalue weighted by Crippen LogP contribution is -2.22. The van der Waals surface area contributed by atoms with Crippen LogP contribution in [-0.2, 0) is 16.0 Å². The average Bonchev–Trinajstić information content (AvgIpc) is 2.59. The fourth-order valence-corrected chi connectivity index (χ4v) is 3.27. The minimum absolute atomic E-state index is 0.0589. The number of carboxylic acid groups (broad SMARTS) is 1. The van der Waals surface area contributed by atoms with Gasteiger partial charge in [-0.15, -0.1) is 0 Å². The number of nitrogens with one attached hydrogen (secondary N) is 1. The molecule has 2 aromatic carbocycles. The normalized spacial score (nSPS) is 12.8. The molecule has 0 bridgehead atoms. The van der Waals surface area contributed by atoms with Crippen molar-refractivity contribution in [3.63, 3.8) is 0 Å². The lowest BCUT2D eigenvalue weighted by molar-refractivity contribution is -0.139. The van der Waals surface area contributed by atoms with Crippen molar-refractivity contribution < 1.29 is 14.7 Å². The van der Waals surface area contributed by atoms with Crippen LogP contribution in [0.15, 0.2) is 52.9 Å². The first-order valence-corrected chi connectivity index (χ1v) is 9.29. The van der Waals surface area contributed by atoms with E-state index in [4.69, 9.17) is 16.7 Å². The molecule has 2 N–H and O–H groups in total. The highest BCUT2D eigenvalue weighted by atomic mass is 35.5. The van der Waals surface area contributed by atoms with Crippen molar-refractivity contribution in [3.05, 3.63) is 58.5 Å². The lowest BCUT2D eigenvalue weighted by atomic mass is 10.0. The van der Waals surface area contributed by atoms with Gasteiger partial charge < -0.3 is 10.4 Å². The van der Waals surface area contributed by atoms with E-state index in [9.17, 15) is 9.59 Å². The van der Waals surface area contributed by atoms with Gasteiger partial charge in [-0.05, 0) is 35.8 Å².